The van der Waals surface area contributed by atoms with Crippen molar-refractivity contribution in [3.8, 4) is 0 Å². The van der Waals surface area contributed by atoms with E-state index in [1.807, 2.05) is 23.1 Å². The number of likely N-dealkylation sites (N-methyl/N-ethyl adjacent to an activating group) is 1. The van der Waals surface area contributed by atoms with Gasteiger partial charge in [-0.25, -0.2) is 0 Å². The Morgan fingerprint density at radius 3 is 2.72 bits per heavy atom. The largest absolute Gasteiger partial charge is 0.328 e. The summed E-state index contributed by atoms with van der Waals surface area (Å²) in [5, 5.41) is 4.25. The van der Waals surface area contributed by atoms with Gasteiger partial charge in [-0.15, -0.1) is 0 Å². The molecule has 0 aromatic carbocycles. The minimum Gasteiger partial charge on any atom is -0.328 e. The van der Waals surface area contributed by atoms with Gasteiger partial charge in [0.05, 0.1) is 6.54 Å². The van der Waals surface area contributed by atoms with Crippen molar-refractivity contribution in [1.29, 1.82) is 0 Å². The summed E-state index contributed by atoms with van der Waals surface area (Å²) < 4.78 is 2.01. The van der Waals surface area contributed by atoms with E-state index < -0.39 is 0 Å². The average molecular weight is 250 g/mol. The second kappa shape index (κ2) is 6.90. The van der Waals surface area contributed by atoms with Crippen molar-refractivity contribution in [3.05, 3.63) is 18.5 Å². The molecular weight excluding hydrogens is 224 g/mol. The average Bonchev–Trinajstić information content (AvgIpc) is 2.90. The van der Waals surface area contributed by atoms with E-state index >= 15 is 0 Å². The predicted molar refractivity (Wildman–Crippen MR) is 74.3 cm³/mol. The van der Waals surface area contributed by atoms with Crippen molar-refractivity contribution in [1.82, 2.24) is 14.7 Å². The van der Waals surface area contributed by atoms with Gasteiger partial charge in [-0.3, -0.25) is 4.68 Å². The summed E-state index contributed by atoms with van der Waals surface area (Å²) >= 11 is 0. The van der Waals surface area contributed by atoms with Gasteiger partial charge in [0.1, 0.15) is 0 Å². The van der Waals surface area contributed by atoms with E-state index in [4.69, 9.17) is 5.73 Å². The molecule has 1 aromatic heterocycles. The van der Waals surface area contributed by atoms with Gasteiger partial charge < -0.3 is 10.6 Å². The van der Waals surface area contributed by atoms with Crippen molar-refractivity contribution in [2.75, 3.05) is 19.6 Å². The molecule has 0 spiro atoms. The molecule has 2 rings (SSSR count). The summed E-state index contributed by atoms with van der Waals surface area (Å²) in [5.41, 5.74) is 5.96. The van der Waals surface area contributed by atoms with E-state index in [1.165, 1.54) is 32.2 Å². The third-order valence-electron chi connectivity index (χ3n) is 4.06. The van der Waals surface area contributed by atoms with E-state index in [9.17, 15) is 0 Å². The highest BCUT2D eigenvalue weighted by molar-refractivity contribution is 4.79. The first-order chi connectivity index (χ1) is 8.78. The van der Waals surface area contributed by atoms with Crippen molar-refractivity contribution in [2.45, 2.75) is 45.2 Å². The number of hydrogen-bond donors (Lipinski definition) is 1. The van der Waals surface area contributed by atoms with Crippen molar-refractivity contribution in [3.63, 3.8) is 0 Å². The van der Waals surface area contributed by atoms with Crippen LogP contribution in [0.2, 0.25) is 0 Å². The summed E-state index contributed by atoms with van der Waals surface area (Å²) in [5.74, 6) is 0.849. The van der Waals surface area contributed by atoms with Gasteiger partial charge in [0.15, 0.2) is 0 Å². The summed E-state index contributed by atoms with van der Waals surface area (Å²) in [6.45, 7) is 6.69. The van der Waals surface area contributed by atoms with Crippen LogP contribution >= 0.6 is 0 Å². The molecule has 2 N–H and O–H groups in total. The zero-order chi connectivity index (χ0) is 12.8. The van der Waals surface area contributed by atoms with Gasteiger partial charge in [-0.2, -0.15) is 5.10 Å². The highest BCUT2D eigenvalue weighted by Gasteiger charge is 2.20. The highest BCUT2D eigenvalue weighted by atomic mass is 15.3. The fourth-order valence-electron chi connectivity index (χ4n) is 2.79. The molecule has 0 radical (unpaired) electrons. The molecule has 1 fully saturated rings. The van der Waals surface area contributed by atoms with Crippen LogP contribution in [-0.2, 0) is 6.54 Å². The number of aromatic nitrogens is 2. The van der Waals surface area contributed by atoms with E-state index in [0.29, 0.717) is 6.04 Å². The number of nitrogens with zero attached hydrogens (tertiary/aromatic N) is 3. The Morgan fingerprint density at radius 2 is 2.11 bits per heavy atom. The van der Waals surface area contributed by atoms with Crippen LogP contribution in [0.15, 0.2) is 18.5 Å². The molecule has 0 bridgehead atoms. The molecule has 1 aliphatic rings. The molecule has 1 saturated carbocycles. The summed E-state index contributed by atoms with van der Waals surface area (Å²) in [4.78, 5) is 2.54. The van der Waals surface area contributed by atoms with E-state index in [2.05, 4.69) is 16.9 Å². The maximum Gasteiger partial charge on any atom is 0.0536 e. The Labute approximate surface area is 110 Å². The van der Waals surface area contributed by atoms with Gasteiger partial charge in [0, 0.05) is 31.5 Å². The number of rotatable bonds is 6. The van der Waals surface area contributed by atoms with Crippen molar-refractivity contribution >= 4 is 0 Å². The van der Waals surface area contributed by atoms with E-state index in [0.717, 1.165) is 25.6 Å². The fourth-order valence-corrected chi connectivity index (χ4v) is 2.79. The Kier molecular flexibility index (Phi) is 5.20. The molecule has 0 atom stereocenters. The van der Waals surface area contributed by atoms with E-state index in [1.54, 1.807) is 0 Å². The minimum atomic E-state index is 0.459. The SMILES string of the molecule is CCN(CCn1cccn1)CC1CCC(N)CC1. The van der Waals surface area contributed by atoms with Gasteiger partial charge in [-0.05, 0) is 44.2 Å². The molecule has 0 unspecified atom stereocenters. The predicted octanol–water partition coefficient (Wildman–Crippen LogP) is 1.72. The summed E-state index contributed by atoms with van der Waals surface area (Å²) in [6, 6.07) is 2.44. The first-order valence-corrected chi connectivity index (χ1v) is 7.23. The van der Waals surface area contributed by atoms with Crippen LogP contribution in [0.25, 0.3) is 0 Å². The second-order valence-electron chi connectivity index (χ2n) is 5.44. The lowest BCUT2D eigenvalue weighted by atomic mass is 9.86. The summed E-state index contributed by atoms with van der Waals surface area (Å²) in [6.07, 6.45) is 8.91. The van der Waals surface area contributed by atoms with Gasteiger partial charge in [0.25, 0.3) is 0 Å². The van der Waals surface area contributed by atoms with Gasteiger partial charge >= 0.3 is 0 Å². The molecular formula is C14H26N4. The normalized spacial score (nSPS) is 24.6. The molecule has 18 heavy (non-hydrogen) atoms. The van der Waals surface area contributed by atoms with Crippen LogP contribution in [0, 0.1) is 5.92 Å². The first-order valence-electron chi connectivity index (χ1n) is 7.23. The molecule has 4 nitrogen and oxygen atoms in total. The van der Waals surface area contributed by atoms with Crippen LogP contribution in [0.4, 0.5) is 0 Å². The summed E-state index contributed by atoms with van der Waals surface area (Å²) in [7, 11) is 0. The Balaban J connectivity index is 1.71. The molecule has 1 heterocycles. The molecule has 0 amide bonds. The van der Waals surface area contributed by atoms with Gasteiger partial charge in [0.2, 0.25) is 0 Å². The topological polar surface area (TPSA) is 47.1 Å². The molecule has 102 valence electrons. The lowest BCUT2D eigenvalue weighted by Crippen LogP contribution is -2.36. The van der Waals surface area contributed by atoms with E-state index in [-0.39, 0.29) is 0 Å². The van der Waals surface area contributed by atoms with Crippen LogP contribution < -0.4 is 5.73 Å². The van der Waals surface area contributed by atoms with Crippen molar-refractivity contribution in [2.24, 2.45) is 11.7 Å². The quantitative estimate of drug-likeness (QED) is 0.836. The van der Waals surface area contributed by atoms with Crippen LogP contribution in [-0.4, -0.2) is 40.4 Å². The lowest BCUT2D eigenvalue weighted by Gasteiger charge is -2.31. The van der Waals surface area contributed by atoms with Gasteiger partial charge in [-0.1, -0.05) is 6.92 Å². The maximum absolute atomic E-state index is 5.96. The minimum absolute atomic E-state index is 0.459. The highest BCUT2D eigenvalue weighted by Crippen LogP contribution is 2.23. The molecule has 1 aliphatic carbocycles. The Hall–Kier alpha value is -0.870. The third-order valence-corrected chi connectivity index (χ3v) is 4.06. The Bertz CT molecular complexity index is 315. The number of nitrogens with two attached hydrogens (primary N) is 1. The zero-order valence-electron chi connectivity index (χ0n) is 11.5. The third kappa shape index (κ3) is 4.10. The molecule has 0 aliphatic heterocycles. The molecule has 0 saturated heterocycles. The zero-order valence-corrected chi connectivity index (χ0v) is 11.5. The monoisotopic (exact) mass is 250 g/mol. The second-order valence-corrected chi connectivity index (χ2v) is 5.44. The van der Waals surface area contributed by atoms with Crippen LogP contribution in [0.3, 0.4) is 0 Å². The van der Waals surface area contributed by atoms with Crippen LogP contribution in [0.5, 0.6) is 0 Å². The first kappa shape index (κ1) is 13.6. The standard InChI is InChI=1S/C14H26N4/c1-2-17(10-11-18-9-3-8-16-18)12-13-4-6-14(15)7-5-13/h3,8-9,13-14H,2,4-7,10-12,15H2,1H3. The Morgan fingerprint density at radius 1 is 1.33 bits per heavy atom. The molecule has 1 aromatic rings. The maximum atomic E-state index is 5.96. The molecule has 4 heteroatoms. The lowest BCUT2D eigenvalue weighted by molar-refractivity contribution is 0.194. The fraction of sp³-hybridized carbons (Fsp3) is 0.786. The smallest absolute Gasteiger partial charge is 0.0536 e. The number of hydrogen-bond acceptors (Lipinski definition) is 3. The van der Waals surface area contributed by atoms with Crippen LogP contribution in [0.1, 0.15) is 32.6 Å². The van der Waals surface area contributed by atoms with Crippen molar-refractivity contribution < 1.29 is 0 Å².